The number of carbonyl (C=O) groups excluding carboxylic acids is 3. The molecular formula is C22H21ClFN5O5. The molecule has 3 rings (SSSR count). The van der Waals surface area contributed by atoms with Crippen molar-refractivity contribution in [3.63, 3.8) is 0 Å². The molecule has 0 aliphatic carbocycles. The van der Waals surface area contributed by atoms with Crippen LogP contribution in [0.5, 0.6) is 0 Å². The van der Waals surface area contributed by atoms with Crippen molar-refractivity contribution < 1.29 is 28.7 Å². The monoisotopic (exact) mass is 489 g/mol. The highest BCUT2D eigenvalue weighted by Crippen LogP contribution is 2.19. The smallest absolute Gasteiger partial charge is 0.305 e. The maximum absolute atomic E-state index is 14.0. The predicted octanol–water partition coefficient (Wildman–Crippen LogP) is 1.55. The van der Waals surface area contributed by atoms with Gasteiger partial charge in [-0.3, -0.25) is 23.9 Å². The quantitative estimate of drug-likeness (QED) is 0.393. The summed E-state index contributed by atoms with van der Waals surface area (Å²) in [7, 11) is 0. The summed E-state index contributed by atoms with van der Waals surface area (Å²) in [4.78, 5) is 49.2. The van der Waals surface area contributed by atoms with E-state index < -0.39 is 42.5 Å². The van der Waals surface area contributed by atoms with Crippen LogP contribution in [0, 0.1) is 5.82 Å². The molecule has 3 aromatic rings. The molecule has 2 aromatic carbocycles. The van der Waals surface area contributed by atoms with Crippen LogP contribution in [-0.2, 0) is 27.5 Å². The fraction of sp³-hybridized carbons (Fsp3) is 0.227. The van der Waals surface area contributed by atoms with Gasteiger partial charge in [0.05, 0.1) is 23.5 Å². The van der Waals surface area contributed by atoms with Gasteiger partial charge in [0.15, 0.2) is 5.69 Å². The number of carbonyl (C=O) groups is 4. The number of aliphatic carboxylic acids is 1. The van der Waals surface area contributed by atoms with Crippen LogP contribution in [0.1, 0.15) is 22.5 Å². The zero-order valence-corrected chi connectivity index (χ0v) is 18.6. The van der Waals surface area contributed by atoms with Gasteiger partial charge in [-0.1, -0.05) is 41.9 Å². The van der Waals surface area contributed by atoms with Gasteiger partial charge < -0.3 is 21.1 Å². The molecule has 12 heteroatoms. The van der Waals surface area contributed by atoms with Crippen molar-refractivity contribution in [2.45, 2.75) is 19.5 Å². The van der Waals surface area contributed by atoms with E-state index in [9.17, 15) is 23.6 Å². The number of para-hydroxylation sites is 1. The second kappa shape index (κ2) is 10.8. The van der Waals surface area contributed by atoms with Crippen molar-refractivity contribution in [2.24, 2.45) is 5.73 Å². The lowest BCUT2D eigenvalue weighted by atomic mass is 10.2. The summed E-state index contributed by atoms with van der Waals surface area (Å²) in [6, 6.07) is 11.0. The fourth-order valence-electron chi connectivity index (χ4n) is 3.29. The number of fused-ring (bicyclic) bond motifs is 1. The van der Waals surface area contributed by atoms with Gasteiger partial charge in [0, 0.05) is 24.0 Å². The number of nitrogens with zero attached hydrogens (tertiary/aromatic N) is 3. The second-order valence-electron chi connectivity index (χ2n) is 7.34. The number of nitrogens with two attached hydrogens (primary N) is 1. The number of carboxylic acids is 1. The Balaban J connectivity index is 1.74. The topological polar surface area (TPSA) is 148 Å². The predicted molar refractivity (Wildman–Crippen MR) is 120 cm³/mol. The summed E-state index contributed by atoms with van der Waals surface area (Å²) in [5.41, 5.74) is 5.99. The van der Waals surface area contributed by atoms with E-state index in [-0.39, 0.29) is 35.9 Å². The Morgan fingerprint density at radius 1 is 1.15 bits per heavy atom. The van der Waals surface area contributed by atoms with Crippen LogP contribution in [0.4, 0.5) is 4.39 Å². The fourth-order valence-corrected chi connectivity index (χ4v) is 3.48. The van der Waals surface area contributed by atoms with Gasteiger partial charge in [0.2, 0.25) is 11.8 Å². The Morgan fingerprint density at radius 2 is 1.88 bits per heavy atom. The first-order valence-electron chi connectivity index (χ1n) is 10.1. The highest BCUT2D eigenvalue weighted by Gasteiger charge is 2.22. The van der Waals surface area contributed by atoms with E-state index in [4.69, 9.17) is 22.4 Å². The van der Waals surface area contributed by atoms with Gasteiger partial charge in [-0.25, -0.2) is 4.39 Å². The van der Waals surface area contributed by atoms with Crippen LogP contribution >= 0.6 is 11.6 Å². The molecule has 4 N–H and O–H groups in total. The molecule has 0 fully saturated rings. The zero-order chi connectivity index (χ0) is 24.8. The molecule has 34 heavy (non-hydrogen) atoms. The summed E-state index contributed by atoms with van der Waals surface area (Å²) >= 11 is 5.73. The van der Waals surface area contributed by atoms with Crippen molar-refractivity contribution in [2.75, 3.05) is 13.1 Å². The van der Waals surface area contributed by atoms with Gasteiger partial charge in [0.1, 0.15) is 12.4 Å². The number of benzene rings is 2. The number of carboxylic acid groups (broad SMARTS) is 1. The average Bonchev–Trinajstić information content (AvgIpc) is 3.16. The highest BCUT2D eigenvalue weighted by molar-refractivity contribution is 6.30. The van der Waals surface area contributed by atoms with Crippen molar-refractivity contribution >= 4 is 46.2 Å². The summed E-state index contributed by atoms with van der Waals surface area (Å²) in [6.07, 6.45) is -0.395. The van der Waals surface area contributed by atoms with E-state index in [1.165, 1.54) is 22.9 Å². The Morgan fingerprint density at radius 3 is 2.59 bits per heavy atom. The summed E-state index contributed by atoms with van der Waals surface area (Å²) in [6.45, 7) is -1.23. The van der Waals surface area contributed by atoms with Crippen LogP contribution in [-0.4, -0.2) is 56.6 Å². The Hall–Kier alpha value is -3.99. The Bertz CT molecular complexity index is 1260. The number of hydrogen-bond acceptors (Lipinski definition) is 5. The number of hydrogen-bond donors (Lipinski definition) is 3. The molecule has 0 radical (unpaired) electrons. The molecule has 3 amide bonds. The normalized spacial score (nSPS) is 10.8. The van der Waals surface area contributed by atoms with Crippen molar-refractivity contribution in [3.8, 4) is 0 Å². The molecule has 0 aliphatic rings. The molecule has 0 spiro atoms. The van der Waals surface area contributed by atoms with E-state index in [1.807, 2.05) is 0 Å². The lowest BCUT2D eigenvalue weighted by Crippen LogP contribution is -2.43. The minimum absolute atomic E-state index is 0.0122. The molecule has 1 aromatic heterocycles. The van der Waals surface area contributed by atoms with E-state index >= 15 is 0 Å². The third-order valence-corrected chi connectivity index (χ3v) is 5.26. The Labute approximate surface area is 198 Å². The van der Waals surface area contributed by atoms with E-state index in [2.05, 4.69) is 10.4 Å². The lowest BCUT2D eigenvalue weighted by molar-refractivity contribution is -0.140. The molecule has 0 unspecified atom stereocenters. The number of amides is 3. The Kier molecular flexibility index (Phi) is 7.79. The number of halogens is 2. The van der Waals surface area contributed by atoms with E-state index in [0.717, 1.165) is 4.90 Å². The van der Waals surface area contributed by atoms with Gasteiger partial charge in [-0.05, 0) is 12.1 Å². The molecule has 1 heterocycles. The van der Waals surface area contributed by atoms with Gasteiger partial charge in [-0.15, -0.1) is 0 Å². The summed E-state index contributed by atoms with van der Waals surface area (Å²) in [5, 5.41) is 16.0. The number of nitrogens with one attached hydrogen (secondary N) is 1. The number of rotatable bonds is 10. The second-order valence-corrected chi connectivity index (χ2v) is 7.74. The van der Waals surface area contributed by atoms with Crippen LogP contribution < -0.4 is 11.1 Å². The zero-order valence-electron chi connectivity index (χ0n) is 17.8. The van der Waals surface area contributed by atoms with Gasteiger partial charge >= 0.3 is 5.97 Å². The lowest BCUT2D eigenvalue weighted by Gasteiger charge is -2.22. The maximum atomic E-state index is 14.0. The van der Waals surface area contributed by atoms with Crippen LogP contribution in [0.25, 0.3) is 10.9 Å². The number of aromatic nitrogens is 2. The minimum Gasteiger partial charge on any atom is -0.481 e. The first-order chi connectivity index (χ1) is 16.2. The maximum Gasteiger partial charge on any atom is 0.305 e. The highest BCUT2D eigenvalue weighted by atomic mass is 35.5. The standard InChI is InChI=1S/C22H21ClFN5O5/c23-15-6-3-4-13(20(15)24)10-26-17(30)11-28(9-8-19(32)33)18(31)12-29-16-7-2-1-5-14(16)21(27-29)22(25)34/h1-7H,8-12H2,(H2,25,34)(H,26,30)(H,32,33). The molecule has 0 atom stereocenters. The molecule has 0 bridgehead atoms. The third-order valence-electron chi connectivity index (χ3n) is 4.97. The van der Waals surface area contributed by atoms with Crippen molar-refractivity contribution in [1.29, 1.82) is 0 Å². The minimum atomic E-state index is -1.15. The molecule has 10 nitrogen and oxygen atoms in total. The van der Waals surface area contributed by atoms with Gasteiger partial charge in [0.25, 0.3) is 5.91 Å². The number of primary amides is 1. The first-order valence-corrected chi connectivity index (χ1v) is 10.5. The van der Waals surface area contributed by atoms with Crippen molar-refractivity contribution in [1.82, 2.24) is 20.0 Å². The largest absolute Gasteiger partial charge is 0.481 e. The van der Waals surface area contributed by atoms with E-state index in [0.29, 0.717) is 10.9 Å². The van der Waals surface area contributed by atoms with E-state index in [1.54, 1.807) is 24.3 Å². The molecular weight excluding hydrogens is 469 g/mol. The third kappa shape index (κ3) is 5.87. The van der Waals surface area contributed by atoms with Crippen LogP contribution in [0.15, 0.2) is 42.5 Å². The summed E-state index contributed by atoms with van der Waals surface area (Å²) < 4.78 is 15.3. The molecule has 178 valence electrons. The SMILES string of the molecule is NC(=O)c1nn(CC(=O)N(CCC(=O)O)CC(=O)NCc2cccc(Cl)c2F)c2ccccc12. The first kappa shape index (κ1) is 24.6. The van der Waals surface area contributed by atoms with Crippen LogP contribution in [0.2, 0.25) is 5.02 Å². The molecule has 0 saturated heterocycles. The molecule has 0 saturated carbocycles. The van der Waals surface area contributed by atoms with Crippen molar-refractivity contribution in [3.05, 3.63) is 64.6 Å². The summed E-state index contributed by atoms with van der Waals surface area (Å²) in [5.74, 6) is -3.81. The van der Waals surface area contributed by atoms with Crippen LogP contribution in [0.3, 0.4) is 0 Å². The van der Waals surface area contributed by atoms with Gasteiger partial charge in [-0.2, -0.15) is 5.10 Å². The molecule has 0 aliphatic heterocycles. The average molecular weight is 490 g/mol.